The van der Waals surface area contributed by atoms with Gasteiger partial charge in [-0.05, 0) is 118 Å². The summed E-state index contributed by atoms with van der Waals surface area (Å²) >= 11 is 0. The molecule has 4 bridgehead atoms. The minimum Gasteiger partial charge on any atom is -0.354 e. The van der Waals surface area contributed by atoms with Crippen LogP contribution >= 0.6 is 0 Å². The smallest absolute Gasteiger partial charge is 0.251 e. The number of hydrogen-bond donors (Lipinski definition) is 2. The molecule has 2 amide bonds. The molecular formula is C32H49N3O2. The highest BCUT2D eigenvalue weighted by atomic mass is 16.2. The zero-order chi connectivity index (χ0) is 26.0. The van der Waals surface area contributed by atoms with Crippen molar-refractivity contribution in [3.8, 4) is 0 Å². The molecule has 1 aliphatic heterocycles. The Hall–Kier alpha value is -1.88. The summed E-state index contributed by atoms with van der Waals surface area (Å²) in [5.74, 6) is 2.54. The van der Waals surface area contributed by atoms with Crippen molar-refractivity contribution in [1.82, 2.24) is 15.5 Å². The number of likely N-dealkylation sites (tertiary alicyclic amines) is 1. The molecule has 5 aliphatic rings. The lowest BCUT2D eigenvalue weighted by molar-refractivity contribution is -0.123. The van der Waals surface area contributed by atoms with E-state index in [0.29, 0.717) is 23.6 Å². The molecular weight excluding hydrogens is 458 g/mol. The van der Waals surface area contributed by atoms with Crippen molar-refractivity contribution in [2.75, 3.05) is 19.6 Å². The van der Waals surface area contributed by atoms with E-state index in [4.69, 9.17) is 0 Å². The maximum Gasteiger partial charge on any atom is 0.251 e. The molecule has 5 heteroatoms. The first-order chi connectivity index (χ1) is 17.9. The number of carbonyl (C=O) groups excluding carboxylic acids is 2. The maximum atomic E-state index is 13.1. The van der Waals surface area contributed by atoms with Gasteiger partial charge in [-0.25, -0.2) is 0 Å². The van der Waals surface area contributed by atoms with Crippen molar-refractivity contribution >= 4 is 11.8 Å². The number of rotatable bonds is 10. The van der Waals surface area contributed by atoms with Crippen LogP contribution in [0.15, 0.2) is 24.3 Å². The van der Waals surface area contributed by atoms with Crippen molar-refractivity contribution in [1.29, 1.82) is 0 Å². The normalized spacial score (nSPS) is 31.9. The molecule has 5 fully saturated rings. The van der Waals surface area contributed by atoms with E-state index in [1.165, 1.54) is 76.3 Å². The van der Waals surface area contributed by atoms with Gasteiger partial charge in [-0.3, -0.25) is 9.59 Å². The van der Waals surface area contributed by atoms with Gasteiger partial charge in [-0.15, -0.1) is 0 Å². The minimum absolute atomic E-state index is 0.0295. The summed E-state index contributed by atoms with van der Waals surface area (Å²) in [5.41, 5.74) is 2.43. The standard InChI is InChI=1S/C32H49N3O2/c1-4-28-8-5-6-14-35(28)15-7-13-33-31(37)29(22(2)3)34-30(36)26-9-11-27(12-10-26)32-19-23-16-24(20-32)18-25(17-23)21-32/h9-12,22-25,28-29H,4-8,13-21H2,1-3H3,(H,33,37)(H,34,36)/t23?,24?,25?,28-,29+,32?/m1/s1. The number of carbonyl (C=O) groups is 2. The Morgan fingerprint density at radius 1 is 1.00 bits per heavy atom. The Bertz CT molecular complexity index is 905. The van der Waals surface area contributed by atoms with Crippen molar-refractivity contribution in [3.63, 3.8) is 0 Å². The zero-order valence-electron chi connectivity index (χ0n) is 23.4. The molecule has 2 N–H and O–H groups in total. The van der Waals surface area contributed by atoms with E-state index in [9.17, 15) is 9.59 Å². The molecule has 1 heterocycles. The molecule has 6 rings (SSSR count). The van der Waals surface area contributed by atoms with Crippen LogP contribution in [-0.2, 0) is 10.2 Å². The SMILES string of the molecule is CC[C@@H]1CCCCN1CCCNC(=O)[C@@H](NC(=O)c1ccc(C23CC4CC(CC(C4)C2)C3)cc1)C(C)C. The fraction of sp³-hybridized carbons (Fsp3) is 0.750. The Morgan fingerprint density at radius 2 is 1.65 bits per heavy atom. The van der Waals surface area contributed by atoms with Gasteiger partial charge in [0.2, 0.25) is 5.91 Å². The molecule has 5 nitrogen and oxygen atoms in total. The molecule has 0 aromatic heterocycles. The number of nitrogens with one attached hydrogen (secondary N) is 2. The van der Waals surface area contributed by atoms with Gasteiger partial charge in [-0.2, -0.15) is 0 Å². The first-order valence-corrected chi connectivity index (χ1v) is 15.3. The number of hydrogen-bond acceptors (Lipinski definition) is 3. The van der Waals surface area contributed by atoms with Gasteiger partial charge in [0.05, 0.1) is 0 Å². The Labute approximate surface area is 224 Å². The maximum absolute atomic E-state index is 13.1. The Kier molecular flexibility index (Phi) is 8.28. The lowest BCUT2D eigenvalue weighted by atomic mass is 9.48. The summed E-state index contributed by atoms with van der Waals surface area (Å²) in [4.78, 5) is 28.7. The third-order valence-electron chi connectivity index (χ3n) is 10.2. The lowest BCUT2D eigenvalue weighted by Crippen LogP contribution is -2.50. The third-order valence-corrected chi connectivity index (χ3v) is 10.2. The van der Waals surface area contributed by atoms with Gasteiger partial charge < -0.3 is 15.5 Å². The van der Waals surface area contributed by atoms with Crippen molar-refractivity contribution in [2.24, 2.45) is 23.7 Å². The molecule has 1 aromatic carbocycles. The van der Waals surface area contributed by atoms with Gasteiger partial charge in [-0.1, -0.05) is 39.3 Å². The van der Waals surface area contributed by atoms with E-state index in [2.05, 4.69) is 34.6 Å². The van der Waals surface area contributed by atoms with Gasteiger partial charge in [0.1, 0.15) is 6.04 Å². The summed E-state index contributed by atoms with van der Waals surface area (Å²) in [6.07, 6.45) is 14.4. The molecule has 1 aromatic rings. The number of nitrogens with zero attached hydrogens (tertiary/aromatic N) is 1. The van der Waals surface area contributed by atoms with E-state index in [-0.39, 0.29) is 17.7 Å². The van der Waals surface area contributed by atoms with Gasteiger partial charge in [0.15, 0.2) is 0 Å². The second-order valence-electron chi connectivity index (χ2n) is 13.2. The van der Waals surface area contributed by atoms with Crippen LogP contribution in [0.3, 0.4) is 0 Å². The van der Waals surface area contributed by atoms with Crippen LogP contribution < -0.4 is 10.6 Å². The Balaban J connectivity index is 1.13. The minimum atomic E-state index is -0.520. The largest absolute Gasteiger partial charge is 0.354 e. The lowest BCUT2D eigenvalue weighted by Gasteiger charge is -2.57. The molecule has 37 heavy (non-hydrogen) atoms. The fourth-order valence-corrected chi connectivity index (χ4v) is 8.62. The van der Waals surface area contributed by atoms with E-state index in [1.54, 1.807) is 0 Å². The highest BCUT2D eigenvalue weighted by Crippen LogP contribution is 2.60. The number of piperidine rings is 1. The highest BCUT2D eigenvalue weighted by Gasteiger charge is 2.51. The van der Waals surface area contributed by atoms with E-state index >= 15 is 0 Å². The Morgan fingerprint density at radius 3 is 2.24 bits per heavy atom. The summed E-state index contributed by atoms with van der Waals surface area (Å²) in [6, 6.07) is 8.56. The molecule has 1 saturated heterocycles. The molecule has 4 aliphatic carbocycles. The second-order valence-corrected chi connectivity index (χ2v) is 13.2. The summed E-state index contributed by atoms with van der Waals surface area (Å²) < 4.78 is 0. The molecule has 0 spiro atoms. The molecule has 2 atom stereocenters. The predicted molar refractivity (Wildman–Crippen MR) is 150 cm³/mol. The van der Waals surface area contributed by atoms with Crippen molar-refractivity contribution in [2.45, 2.75) is 109 Å². The quantitative estimate of drug-likeness (QED) is 0.401. The van der Waals surface area contributed by atoms with Crippen LogP contribution in [0.5, 0.6) is 0 Å². The zero-order valence-corrected chi connectivity index (χ0v) is 23.4. The highest BCUT2D eigenvalue weighted by molar-refractivity contribution is 5.97. The molecule has 204 valence electrons. The number of benzene rings is 1. The average Bonchev–Trinajstić information content (AvgIpc) is 2.89. The predicted octanol–water partition coefficient (Wildman–Crippen LogP) is 5.68. The van der Waals surface area contributed by atoms with Crippen LogP contribution in [0.4, 0.5) is 0 Å². The van der Waals surface area contributed by atoms with Crippen LogP contribution in [0, 0.1) is 23.7 Å². The first kappa shape index (κ1) is 26.7. The van der Waals surface area contributed by atoms with Gasteiger partial charge >= 0.3 is 0 Å². The van der Waals surface area contributed by atoms with Crippen LogP contribution in [0.1, 0.15) is 107 Å². The third kappa shape index (κ3) is 5.92. The summed E-state index contributed by atoms with van der Waals surface area (Å²) in [6.45, 7) is 9.15. The van der Waals surface area contributed by atoms with Gasteiger partial charge in [0.25, 0.3) is 5.91 Å². The van der Waals surface area contributed by atoms with E-state index < -0.39 is 6.04 Å². The molecule has 0 radical (unpaired) electrons. The first-order valence-electron chi connectivity index (χ1n) is 15.3. The van der Waals surface area contributed by atoms with Crippen LogP contribution in [0.2, 0.25) is 0 Å². The summed E-state index contributed by atoms with van der Waals surface area (Å²) in [7, 11) is 0. The number of amides is 2. The van der Waals surface area contributed by atoms with Crippen molar-refractivity contribution < 1.29 is 9.59 Å². The average molecular weight is 508 g/mol. The second kappa shape index (κ2) is 11.5. The van der Waals surface area contributed by atoms with Gasteiger partial charge in [0, 0.05) is 24.7 Å². The van der Waals surface area contributed by atoms with E-state index in [0.717, 1.165) is 30.7 Å². The fourth-order valence-electron chi connectivity index (χ4n) is 8.62. The topological polar surface area (TPSA) is 61.4 Å². The molecule has 4 saturated carbocycles. The van der Waals surface area contributed by atoms with Crippen LogP contribution in [0.25, 0.3) is 0 Å². The van der Waals surface area contributed by atoms with E-state index in [1.807, 2.05) is 26.0 Å². The monoisotopic (exact) mass is 507 g/mol. The summed E-state index contributed by atoms with van der Waals surface area (Å²) in [5, 5.41) is 6.13. The molecule has 0 unspecified atom stereocenters. The van der Waals surface area contributed by atoms with Crippen molar-refractivity contribution in [3.05, 3.63) is 35.4 Å². The van der Waals surface area contributed by atoms with Crippen LogP contribution in [-0.4, -0.2) is 48.4 Å².